The highest BCUT2D eigenvalue weighted by atomic mass is 16.3. The fraction of sp³-hybridized carbons (Fsp3) is 0.550. The monoisotopic (exact) mass is 354 g/mol. The van der Waals surface area contributed by atoms with E-state index in [0.717, 1.165) is 43.0 Å². The van der Waals surface area contributed by atoms with E-state index in [0.29, 0.717) is 17.1 Å². The lowest BCUT2D eigenvalue weighted by atomic mass is 9.88. The molecule has 0 aliphatic heterocycles. The molecule has 0 spiro atoms. The number of hydrogen-bond donors (Lipinski definition) is 2. The van der Waals surface area contributed by atoms with Gasteiger partial charge in [0.25, 0.3) is 0 Å². The van der Waals surface area contributed by atoms with Gasteiger partial charge in [-0.05, 0) is 49.7 Å². The Labute approximate surface area is 153 Å². The Hall–Kier alpha value is -2.21. The molecular weight excluding hydrogens is 328 g/mol. The standard InChI is InChI=1S/C20H26N4O2/c1-3-7-15-13-8-5-6-9-14(13)16-17-18(26-20(16)24-15)19(22-11-21-17)23-12(4-2)10-25/h11-12,25H,3-10H2,1-2H3,(H,21,22,23)/t12-/m1/s1. The van der Waals surface area contributed by atoms with Gasteiger partial charge in [0.15, 0.2) is 11.4 Å². The number of furan rings is 1. The second-order valence-corrected chi connectivity index (χ2v) is 7.09. The molecule has 3 aromatic heterocycles. The van der Waals surface area contributed by atoms with E-state index in [9.17, 15) is 5.11 Å². The van der Waals surface area contributed by atoms with Crippen molar-refractivity contribution in [1.29, 1.82) is 0 Å². The first kappa shape index (κ1) is 17.2. The van der Waals surface area contributed by atoms with Crippen LogP contribution in [0, 0.1) is 0 Å². The molecule has 3 heterocycles. The van der Waals surface area contributed by atoms with Crippen LogP contribution >= 0.6 is 0 Å². The maximum atomic E-state index is 9.50. The lowest BCUT2D eigenvalue weighted by Crippen LogP contribution is -2.23. The van der Waals surface area contributed by atoms with Crippen molar-refractivity contribution in [3.8, 4) is 0 Å². The van der Waals surface area contributed by atoms with Gasteiger partial charge in [-0.1, -0.05) is 20.3 Å². The number of nitrogens with zero attached hydrogens (tertiary/aromatic N) is 3. The third kappa shape index (κ3) is 2.82. The van der Waals surface area contributed by atoms with Crippen LogP contribution in [0.1, 0.15) is 56.4 Å². The highest BCUT2D eigenvalue weighted by Crippen LogP contribution is 2.37. The molecule has 0 amide bonds. The predicted molar refractivity (Wildman–Crippen MR) is 103 cm³/mol. The van der Waals surface area contributed by atoms with Crippen LogP contribution < -0.4 is 5.32 Å². The summed E-state index contributed by atoms with van der Waals surface area (Å²) in [6.07, 6.45) is 9.00. The van der Waals surface area contributed by atoms with E-state index in [1.165, 1.54) is 29.7 Å². The van der Waals surface area contributed by atoms with Crippen molar-refractivity contribution in [2.24, 2.45) is 0 Å². The van der Waals surface area contributed by atoms with Gasteiger partial charge >= 0.3 is 0 Å². The molecule has 0 saturated carbocycles. The van der Waals surface area contributed by atoms with Gasteiger partial charge in [-0.3, -0.25) is 0 Å². The van der Waals surface area contributed by atoms with Gasteiger partial charge in [-0.2, -0.15) is 0 Å². The normalized spacial score (nSPS) is 15.3. The summed E-state index contributed by atoms with van der Waals surface area (Å²) in [5, 5.41) is 13.8. The van der Waals surface area contributed by atoms with Gasteiger partial charge in [-0.15, -0.1) is 0 Å². The van der Waals surface area contributed by atoms with E-state index < -0.39 is 0 Å². The summed E-state index contributed by atoms with van der Waals surface area (Å²) in [6, 6.07) is -0.0566. The number of aliphatic hydroxyl groups excluding tert-OH is 1. The zero-order valence-corrected chi connectivity index (χ0v) is 15.5. The van der Waals surface area contributed by atoms with Crippen molar-refractivity contribution in [2.75, 3.05) is 11.9 Å². The third-order valence-electron chi connectivity index (χ3n) is 5.35. The summed E-state index contributed by atoms with van der Waals surface area (Å²) in [5.41, 5.74) is 6.09. The Morgan fingerprint density at radius 3 is 2.73 bits per heavy atom. The first-order chi connectivity index (χ1) is 12.8. The number of fused-ring (bicyclic) bond motifs is 5. The van der Waals surface area contributed by atoms with E-state index in [-0.39, 0.29) is 12.6 Å². The summed E-state index contributed by atoms with van der Waals surface area (Å²) < 4.78 is 6.15. The molecule has 0 bridgehead atoms. The summed E-state index contributed by atoms with van der Waals surface area (Å²) in [6.45, 7) is 4.27. The molecule has 0 unspecified atom stereocenters. The fourth-order valence-corrected chi connectivity index (χ4v) is 3.95. The first-order valence-electron chi connectivity index (χ1n) is 9.72. The van der Waals surface area contributed by atoms with Crippen molar-refractivity contribution in [3.63, 3.8) is 0 Å². The second-order valence-electron chi connectivity index (χ2n) is 7.09. The van der Waals surface area contributed by atoms with Gasteiger partial charge in [0.05, 0.1) is 18.0 Å². The minimum absolute atomic E-state index is 0.0521. The fourth-order valence-electron chi connectivity index (χ4n) is 3.95. The second kappa shape index (κ2) is 7.19. The molecule has 6 heteroatoms. The highest BCUT2D eigenvalue weighted by Gasteiger charge is 2.24. The van der Waals surface area contributed by atoms with Crippen LogP contribution in [0.2, 0.25) is 0 Å². The van der Waals surface area contributed by atoms with E-state index >= 15 is 0 Å². The predicted octanol–water partition coefficient (Wildman–Crippen LogP) is 3.79. The zero-order chi connectivity index (χ0) is 18.1. The average molecular weight is 354 g/mol. The van der Waals surface area contributed by atoms with Gasteiger partial charge in [-0.25, -0.2) is 15.0 Å². The molecule has 26 heavy (non-hydrogen) atoms. The Kier molecular flexibility index (Phi) is 4.76. The van der Waals surface area contributed by atoms with E-state index in [2.05, 4.69) is 22.2 Å². The van der Waals surface area contributed by atoms with E-state index in [4.69, 9.17) is 9.40 Å². The highest BCUT2D eigenvalue weighted by molar-refractivity contribution is 6.06. The zero-order valence-electron chi connectivity index (χ0n) is 15.5. The SMILES string of the molecule is CCCc1nc2oc3c(N[C@H](CC)CO)ncnc3c2c2c1CCCC2. The largest absolute Gasteiger partial charge is 0.432 e. The summed E-state index contributed by atoms with van der Waals surface area (Å²) in [7, 11) is 0. The molecule has 1 aliphatic carbocycles. The summed E-state index contributed by atoms with van der Waals surface area (Å²) in [5.74, 6) is 0.635. The topological polar surface area (TPSA) is 84.1 Å². The van der Waals surface area contributed by atoms with Crippen LogP contribution in [-0.2, 0) is 19.3 Å². The molecule has 1 aliphatic rings. The van der Waals surface area contributed by atoms with Gasteiger partial charge in [0, 0.05) is 5.69 Å². The number of nitrogens with one attached hydrogen (secondary N) is 1. The van der Waals surface area contributed by atoms with Crippen molar-refractivity contribution in [1.82, 2.24) is 15.0 Å². The molecule has 2 N–H and O–H groups in total. The number of aromatic nitrogens is 3. The minimum Gasteiger partial charge on any atom is -0.432 e. The molecule has 0 aromatic carbocycles. The molecule has 1 atom stereocenters. The van der Waals surface area contributed by atoms with Crippen molar-refractivity contribution in [2.45, 2.75) is 64.8 Å². The number of hydrogen-bond acceptors (Lipinski definition) is 6. The van der Waals surface area contributed by atoms with E-state index in [1.54, 1.807) is 6.33 Å². The third-order valence-corrected chi connectivity index (χ3v) is 5.35. The van der Waals surface area contributed by atoms with Gasteiger partial charge in [0.1, 0.15) is 11.8 Å². The first-order valence-corrected chi connectivity index (χ1v) is 9.72. The number of aryl methyl sites for hydroxylation is 2. The van der Waals surface area contributed by atoms with Crippen LogP contribution in [0.25, 0.3) is 22.2 Å². The summed E-state index contributed by atoms with van der Waals surface area (Å²) >= 11 is 0. The lowest BCUT2D eigenvalue weighted by molar-refractivity contribution is 0.271. The Bertz CT molecular complexity index is 931. The molecular formula is C20H26N4O2. The smallest absolute Gasteiger partial charge is 0.229 e. The quantitative estimate of drug-likeness (QED) is 0.701. The van der Waals surface area contributed by atoms with Crippen LogP contribution in [0.3, 0.4) is 0 Å². The number of pyridine rings is 1. The minimum atomic E-state index is -0.0566. The maximum Gasteiger partial charge on any atom is 0.229 e. The molecule has 3 aromatic rings. The van der Waals surface area contributed by atoms with Gasteiger partial charge < -0.3 is 14.8 Å². The Morgan fingerprint density at radius 1 is 1.19 bits per heavy atom. The molecule has 4 rings (SSSR count). The van der Waals surface area contributed by atoms with Crippen LogP contribution in [-0.4, -0.2) is 32.7 Å². The van der Waals surface area contributed by atoms with Crippen molar-refractivity contribution < 1.29 is 9.52 Å². The average Bonchev–Trinajstić information content (AvgIpc) is 3.06. The van der Waals surface area contributed by atoms with Crippen LogP contribution in [0.5, 0.6) is 0 Å². The van der Waals surface area contributed by atoms with Gasteiger partial charge in [0.2, 0.25) is 5.71 Å². The molecule has 6 nitrogen and oxygen atoms in total. The molecule has 138 valence electrons. The summed E-state index contributed by atoms with van der Waals surface area (Å²) in [4.78, 5) is 13.7. The Morgan fingerprint density at radius 2 is 2.00 bits per heavy atom. The van der Waals surface area contributed by atoms with E-state index in [1.807, 2.05) is 6.92 Å². The molecule has 0 saturated heterocycles. The van der Waals surface area contributed by atoms with Crippen LogP contribution in [0.4, 0.5) is 5.82 Å². The maximum absolute atomic E-state index is 9.50. The van der Waals surface area contributed by atoms with Crippen molar-refractivity contribution >= 4 is 28.0 Å². The number of rotatable bonds is 6. The number of anilines is 1. The van der Waals surface area contributed by atoms with Crippen molar-refractivity contribution in [3.05, 3.63) is 23.1 Å². The lowest BCUT2D eigenvalue weighted by Gasteiger charge is -2.19. The molecule has 0 radical (unpaired) electrons. The molecule has 0 fully saturated rings. The Balaban J connectivity index is 1.94. The van der Waals surface area contributed by atoms with Crippen LogP contribution in [0.15, 0.2) is 10.7 Å². The number of aliphatic hydroxyl groups is 1.